The minimum absolute atomic E-state index is 0.0717. The van der Waals surface area contributed by atoms with Crippen LogP contribution in [0, 0.1) is 5.92 Å². The zero-order chi connectivity index (χ0) is 11.7. The van der Waals surface area contributed by atoms with Gasteiger partial charge in [-0.05, 0) is 32.2 Å². The third-order valence-corrected chi connectivity index (χ3v) is 3.25. The molecule has 0 N–H and O–H groups in total. The van der Waals surface area contributed by atoms with E-state index in [-0.39, 0.29) is 17.7 Å². The van der Waals surface area contributed by atoms with Crippen LogP contribution in [0.1, 0.15) is 19.6 Å². The average molecular weight is 219 g/mol. The van der Waals surface area contributed by atoms with E-state index in [1.165, 1.54) is 0 Å². The number of furan rings is 1. The Morgan fingerprint density at radius 1 is 1.50 bits per heavy atom. The molecule has 1 fully saturated rings. The van der Waals surface area contributed by atoms with Crippen molar-refractivity contribution in [3.05, 3.63) is 29.7 Å². The molecule has 0 bridgehead atoms. The lowest BCUT2D eigenvalue weighted by molar-refractivity contribution is -0.121. The van der Waals surface area contributed by atoms with Crippen LogP contribution in [0.5, 0.6) is 0 Å². The fraction of sp³-hybridized carbons (Fsp3) is 0.462. The van der Waals surface area contributed by atoms with E-state index in [0.717, 1.165) is 17.9 Å². The van der Waals surface area contributed by atoms with Crippen molar-refractivity contribution in [3.8, 4) is 0 Å². The van der Waals surface area contributed by atoms with Gasteiger partial charge in [0.2, 0.25) is 0 Å². The number of likely N-dealkylation sites (N-methyl/N-ethyl adjacent to an activating group) is 1. The van der Waals surface area contributed by atoms with Crippen molar-refractivity contribution in [1.82, 2.24) is 4.90 Å². The molecule has 2 heterocycles. The lowest BCUT2D eigenvalue weighted by Gasteiger charge is -2.34. The number of hydrogen-bond donors (Lipinski definition) is 0. The Kier molecular flexibility index (Phi) is 2.97. The molecule has 3 nitrogen and oxygen atoms in total. The van der Waals surface area contributed by atoms with Gasteiger partial charge in [-0.25, -0.2) is 0 Å². The van der Waals surface area contributed by atoms with Crippen LogP contribution in [0.2, 0.25) is 0 Å². The van der Waals surface area contributed by atoms with Gasteiger partial charge >= 0.3 is 0 Å². The predicted octanol–water partition coefficient (Wildman–Crippen LogP) is 2.20. The maximum Gasteiger partial charge on any atom is 0.164 e. The van der Waals surface area contributed by atoms with E-state index < -0.39 is 0 Å². The van der Waals surface area contributed by atoms with Crippen LogP contribution < -0.4 is 0 Å². The van der Waals surface area contributed by atoms with Crippen LogP contribution in [-0.4, -0.2) is 30.3 Å². The highest BCUT2D eigenvalue weighted by Crippen LogP contribution is 2.24. The summed E-state index contributed by atoms with van der Waals surface area (Å²) in [6.45, 7) is 4.86. The van der Waals surface area contributed by atoms with Crippen molar-refractivity contribution >= 4 is 11.9 Å². The summed E-state index contributed by atoms with van der Waals surface area (Å²) < 4.78 is 5.26. The highest BCUT2D eigenvalue weighted by atomic mass is 16.3. The van der Waals surface area contributed by atoms with Crippen molar-refractivity contribution in [2.24, 2.45) is 5.92 Å². The first-order valence-corrected chi connectivity index (χ1v) is 5.59. The third-order valence-electron chi connectivity index (χ3n) is 3.25. The first kappa shape index (κ1) is 11.1. The number of Topliss-reactive ketones (excluding diaryl/α,β-unsaturated/α-hetero) is 1. The number of likely N-dealkylation sites (tertiary alicyclic amines) is 1. The van der Waals surface area contributed by atoms with Crippen LogP contribution in [0.15, 0.2) is 28.4 Å². The number of rotatable bonds is 1. The van der Waals surface area contributed by atoms with E-state index in [1.54, 1.807) is 6.26 Å². The standard InChI is InChI=1S/C13H17NO2/c1-9-8-14(3)10(2)12(13(9)15)7-11-5-4-6-16-11/h4-7,9-10H,8H2,1-3H3/b12-7+/t9-,10+/m1/s1. The fourth-order valence-corrected chi connectivity index (χ4v) is 2.12. The molecule has 1 aromatic rings. The van der Waals surface area contributed by atoms with Crippen LogP contribution >= 0.6 is 0 Å². The number of nitrogens with zero attached hydrogens (tertiary/aromatic N) is 1. The van der Waals surface area contributed by atoms with Gasteiger partial charge in [-0.15, -0.1) is 0 Å². The third kappa shape index (κ3) is 1.95. The molecule has 1 aliphatic heterocycles. The lowest BCUT2D eigenvalue weighted by Crippen LogP contribution is -2.44. The van der Waals surface area contributed by atoms with Crippen LogP contribution in [0.4, 0.5) is 0 Å². The number of ketones is 1. The molecule has 0 radical (unpaired) electrons. The van der Waals surface area contributed by atoms with E-state index in [1.807, 2.05) is 32.2 Å². The minimum atomic E-state index is 0.0717. The molecule has 3 heteroatoms. The molecule has 0 unspecified atom stereocenters. The highest BCUT2D eigenvalue weighted by Gasteiger charge is 2.31. The Balaban J connectivity index is 2.33. The van der Waals surface area contributed by atoms with Gasteiger partial charge in [-0.3, -0.25) is 9.69 Å². The zero-order valence-electron chi connectivity index (χ0n) is 9.93. The minimum Gasteiger partial charge on any atom is -0.465 e. The van der Waals surface area contributed by atoms with E-state index in [4.69, 9.17) is 4.42 Å². The summed E-state index contributed by atoms with van der Waals surface area (Å²) in [5.41, 5.74) is 0.844. The monoisotopic (exact) mass is 219 g/mol. The Hall–Kier alpha value is -1.35. The maximum absolute atomic E-state index is 12.1. The molecular weight excluding hydrogens is 202 g/mol. The number of carbonyl (C=O) groups excluding carboxylic acids is 1. The van der Waals surface area contributed by atoms with E-state index in [9.17, 15) is 4.79 Å². The van der Waals surface area contributed by atoms with Crippen molar-refractivity contribution < 1.29 is 9.21 Å². The predicted molar refractivity (Wildman–Crippen MR) is 62.9 cm³/mol. The molecule has 2 atom stereocenters. The molecule has 2 rings (SSSR count). The molecule has 0 aromatic carbocycles. The summed E-state index contributed by atoms with van der Waals surface area (Å²) in [7, 11) is 2.05. The Labute approximate surface area is 95.7 Å². The Morgan fingerprint density at radius 3 is 2.88 bits per heavy atom. The van der Waals surface area contributed by atoms with Crippen LogP contribution in [0.3, 0.4) is 0 Å². The molecule has 1 aliphatic rings. The summed E-state index contributed by atoms with van der Waals surface area (Å²) in [5, 5.41) is 0. The van der Waals surface area contributed by atoms with Gasteiger partial charge in [-0.1, -0.05) is 6.92 Å². The SMILES string of the molecule is C[C@@H]1CN(C)[C@@H](C)/C(=C\c2ccco2)C1=O. The van der Waals surface area contributed by atoms with E-state index in [0.29, 0.717) is 0 Å². The van der Waals surface area contributed by atoms with Gasteiger partial charge in [0.15, 0.2) is 5.78 Å². The first-order chi connectivity index (χ1) is 7.59. The molecule has 0 saturated carbocycles. The summed E-state index contributed by atoms with van der Waals surface area (Å²) in [6, 6.07) is 3.86. The topological polar surface area (TPSA) is 33.5 Å². The second-order valence-electron chi connectivity index (χ2n) is 4.50. The average Bonchev–Trinajstić information content (AvgIpc) is 2.74. The van der Waals surface area contributed by atoms with Gasteiger partial charge in [-0.2, -0.15) is 0 Å². The Morgan fingerprint density at radius 2 is 2.25 bits per heavy atom. The van der Waals surface area contributed by atoms with Gasteiger partial charge in [0.25, 0.3) is 0 Å². The van der Waals surface area contributed by atoms with Gasteiger partial charge < -0.3 is 4.42 Å². The second-order valence-corrected chi connectivity index (χ2v) is 4.50. The molecular formula is C13H17NO2. The van der Waals surface area contributed by atoms with E-state index >= 15 is 0 Å². The van der Waals surface area contributed by atoms with Crippen molar-refractivity contribution in [2.75, 3.05) is 13.6 Å². The zero-order valence-corrected chi connectivity index (χ0v) is 9.93. The smallest absolute Gasteiger partial charge is 0.164 e. The van der Waals surface area contributed by atoms with Crippen molar-refractivity contribution in [1.29, 1.82) is 0 Å². The summed E-state index contributed by atoms with van der Waals surface area (Å²) in [5.74, 6) is 1.06. The molecule has 0 amide bonds. The number of hydrogen-bond acceptors (Lipinski definition) is 3. The second kappa shape index (κ2) is 4.26. The van der Waals surface area contributed by atoms with Gasteiger partial charge in [0, 0.05) is 24.1 Å². The normalized spacial score (nSPS) is 29.9. The van der Waals surface area contributed by atoms with Crippen LogP contribution in [0.25, 0.3) is 6.08 Å². The number of carbonyl (C=O) groups is 1. The quantitative estimate of drug-likeness (QED) is 0.679. The van der Waals surface area contributed by atoms with Crippen molar-refractivity contribution in [2.45, 2.75) is 19.9 Å². The first-order valence-electron chi connectivity index (χ1n) is 5.59. The molecule has 86 valence electrons. The van der Waals surface area contributed by atoms with Crippen molar-refractivity contribution in [3.63, 3.8) is 0 Å². The molecule has 16 heavy (non-hydrogen) atoms. The maximum atomic E-state index is 12.1. The molecule has 1 saturated heterocycles. The molecule has 0 spiro atoms. The summed E-state index contributed by atoms with van der Waals surface area (Å²) in [6.07, 6.45) is 3.48. The fourth-order valence-electron chi connectivity index (χ4n) is 2.12. The lowest BCUT2D eigenvalue weighted by atomic mass is 9.88. The van der Waals surface area contributed by atoms with Gasteiger partial charge in [0.1, 0.15) is 5.76 Å². The largest absolute Gasteiger partial charge is 0.465 e. The molecule has 0 aliphatic carbocycles. The van der Waals surface area contributed by atoms with Crippen LogP contribution in [-0.2, 0) is 4.79 Å². The van der Waals surface area contributed by atoms with E-state index in [2.05, 4.69) is 11.8 Å². The summed E-state index contributed by atoms with van der Waals surface area (Å²) >= 11 is 0. The summed E-state index contributed by atoms with van der Waals surface area (Å²) in [4.78, 5) is 14.3. The van der Waals surface area contributed by atoms with Gasteiger partial charge in [0.05, 0.1) is 6.26 Å². The highest BCUT2D eigenvalue weighted by molar-refractivity contribution is 6.02. The molecule has 1 aromatic heterocycles. The number of piperidine rings is 1. The Bertz CT molecular complexity index is 406.